The Labute approximate surface area is 245 Å². The molecule has 6 heteroatoms. The molecule has 7 rings (SSSR count). The van der Waals surface area contributed by atoms with Crippen molar-refractivity contribution in [2.75, 3.05) is 5.73 Å². The molecule has 0 radical (unpaired) electrons. The van der Waals surface area contributed by atoms with Gasteiger partial charge in [-0.25, -0.2) is 0 Å². The second kappa shape index (κ2) is 8.32. The van der Waals surface area contributed by atoms with Gasteiger partial charge in [-0.15, -0.1) is 0 Å². The molecule has 0 aromatic carbocycles. The van der Waals surface area contributed by atoms with Crippen molar-refractivity contribution in [1.29, 1.82) is 0 Å². The summed E-state index contributed by atoms with van der Waals surface area (Å²) in [5.74, 6) is 1.42. The van der Waals surface area contributed by atoms with E-state index in [0.29, 0.717) is 23.6 Å². The van der Waals surface area contributed by atoms with Gasteiger partial charge in [-0.3, -0.25) is 9.89 Å². The molecular weight excluding hydrogens is 508 g/mol. The second-order valence-electron chi connectivity index (χ2n) is 16.8. The normalized spacial score (nSPS) is 42.4. The lowest BCUT2D eigenvalue weighted by Gasteiger charge is -2.70. The Morgan fingerprint density at radius 1 is 1.05 bits per heavy atom. The number of H-pyrrole nitrogens is 2. The number of nitrogens with one attached hydrogen (secondary N) is 2. The Morgan fingerprint density at radius 3 is 2.49 bits per heavy atom. The predicted molar refractivity (Wildman–Crippen MR) is 163 cm³/mol. The predicted octanol–water partition coefficient (Wildman–Crippen LogP) is 7.60. The van der Waals surface area contributed by atoms with Crippen LogP contribution in [0.15, 0.2) is 24.0 Å². The Hall–Kier alpha value is -2.50. The minimum atomic E-state index is -0.592. The van der Waals surface area contributed by atoms with Gasteiger partial charge >= 0.3 is 5.97 Å². The highest BCUT2D eigenvalue weighted by molar-refractivity contribution is 5.74. The van der Waals surface area contributed by atoms with Crippen LogP contribution in [0.4, 0.5) is 5.82 Å². The number of anilines is 1. The number of fused-ring (bicyclic) bond motifs is 8. The fourth-order valence-electron chi connectivity index (χ4n) is 12.2. The highest BCUT2D eigenvalue weighted by Crippen LogP contribution is 2.76. The summed E-state index contributed by atoms with van der Waals surface area (Å²) in [6, 6.07) is 2.26. The van der Waals surface area contributed by atoms with Crippen molar-refractivity contribution in [3.8, 4) is 0 Å². The first-order chi connectivity index (χ1) is 19.1. The molecule has 41 heavy (non-hydrogen) atoms. The summed E-state index contributed by atoms with van der Waals surface area (Å²) in [5, 5.41) is 18.3. The van der Waals surface area contributed by atoms with Crippen molar-refractivity contribution in [3.63, 3.8) is 0 Å². The molecule has 3 fully saturated rings. The molecule has 0 saturated heterocycles. The van der Waals surface area contributed by atoms with E-state index >= 15 is 0 Å². The van der Waals surface area contributed by atoms with Gasteiger partial charge < -0.3 is 15.8 Å². The topological polar surface area (TPSA) is 108 Å². The minimum absolute atomic E-state index is 0.0166. The Kier molecular flexibility index (Phi) is 5.55. The summed E-state index contributed by atoms with van der Waals surface area (Å²) < 4.78 is 0. The molecule has 6 nitrogen and oxygen atoms in total. The zero-order valence-electron chi connectivity index (χ0n) is 26.2. The lowest BCUT2D eigenvalue weighted by atomic mass is 9.33. The number of aromatic nitrogens is 3. The van der Waals surface area contributed by atoms with Gasteiger partial charge in [-0.2, -0.15) is 5.10 Å². The van der Waals surface area contributed by atoms with Crippen LogP contribution in [0.1, 0.15) is 110 Å². The van der Waals surface area contributed by atoms with Crippen LogP contribution in [0.25, 0.3) is 5.57 Å². The fourth-order valence-corrected chi connectivity index (χ4v) is 12.2. The van der Waals surface area contributed by atoms with Gasteiger partial charge in [0.05, 0.1) is 5.92 Å². The van der Waals surface area contributed by atoms with Gasteiger partial charge in [-0.1, -0.05) is 54.0 Å². The summed E-state index contributed by atoms with van der Waals surface area (Å²) in [7, 11) is 0. The van der Waals surface area contributed by atoms with E-state index in [2.05, 4.69) is 82.1 Å². The number of rotatable bonds is 2. The second-order valence-corrected chi connectivity index (χ2v) is 16.8. The van der Waals surface area contributed by atoms with E-state index in [1.165, 1.54) is 35.2 Å². The molecular formula is C35H50N4O2. The first-order valence-electron chi connectivity index (χ1n) is 16.1. The van der Waals surface area contributed by atoms with E-state index in [-0.39, 0.29) is 38.9 Å². The molecule has 8 atom stereocenters. The molecule has 0 amide bonds. The molecule has 3 saturated carbocycles. The minimum Gasteiger partial charge on any atom is -0.481 e. The van der Waals surface area contributed by atoms with E-state index < -0.39 is 5.97 Å². The highest BCUT2D eigenvalue weighted by Gasteiger charge is 2.68. The Morgan fingerprint density at radius 2 is 1.80 bits per heavy atom. The van der Waals surface area contributed by atoms with E-state index in [9.17, 15) is 9.90 Å². The van der Waals surface area contributed by atoms with Crippen molar-refractivity contribution in [2.24, 2.45) is 51.2 Å². The van der Waals surface area contributed by atoms with Crippen molar-refractivity contribution in [1.82, 2.24) is 15.2 Å². The summed E-state index contributed by atoms with van der Waals surface area (Å²) in [4.78, 5) is 16.0. The summed E-state index contributed by atoms with van der Waals surface area (Å²) in [6.45, 7) is 17.2. The van der Waals surface area contributed by atoms with E-state index in [1.807, 2.05) is 0 Å². The quantitative estimate of drug-likeness (QED) is 0.304. The number of allylic oxidation sites excluding steroid dienone is 2. The molecule has 5 N–H and O–H groups in total. The zero-order chi connectivity index (χ0) is 29.3. The number of hydrogen-bond acceptors (Lipinski definition) is 3. The SMILES string of the molecule is CC1(C)C[C@@H]2C3=C(c4cc[nH]c4)CC4[C@@]5(C)Cc6c(N)n[nH]c6C(C)(C)[C@@H]5CC[C@@]4(C)[C@]3(C)CC[C@@H]2[C@H](C(=O)O)C1. The summed E-state index contributed by atoms with van der Waals surface area (Å²) in [5.41, 5.74) is 13.7. The molecule has 2 heterocycles. The van der Waals surface area contributed by atoms with E-state index in [1.54, 1.807) is 5.57 Å². The summed E-state index contributed by atoms with van der Waals surface area (Å²) in [6.07, 6.45) is 12.7. The highest BCUT2D eigenvalue weighted by atomic mass is 16.4. The molecule has 0 bridgehead atoms. The largest absolute Gasteiger partial charge is 0.481 e. The molecule has 0 spiro atoms. The summed E-state index contributed by atoms with van der Waals surface area (Å²) >= 11 is 0. The van der Waals surface area contributed by atoms with Gasteiger partial charge in [0.2, 0.25) is 0 Å². The number of aromatic amines is 2. The van der Waals surface area contributed by atoms with Gasteiger partial charge in [0, 0.05) is 29.1 Å². The molecule has 222 valence electrons. The fraction of sp³-hybridized carbons (Fsp3) is 0.714. The van der Waals surface area contributed by atoms with Crippen molar-refractivity contribution in [2.45, 2.75) is 105 Å². The van der Waals surface area contributed by atoms with Crippen LogP contribution in [0.3, 0.4) is 0 Å². The van der Waals surface area contributed by atoms with Crippen LogP contribution in [-0.2, 0) is 16.6 Å². The standard InChI is InChI=1S/C35H50N4O2/c1-31(2)15-22-20(23(16-31)30(40)41)8-11-35(7)27(22)21(19-10-13-37-18-19)14-26-33(5)17-24-28(38-39-29(24)36)32(3,4)25(33)9-12-34(26,35)6/h10,13,18,20,22-23,25-26,37H,8-9,11-12,14-17H2,1-7H3,(H,40,41)(H3,36,38,39)/t20-,22-,23+,25-,26?,33-,34+,35+/m0/s1. The van der Waals surface area contributed by atoms with Gasteiger partial charge in [0.1, 0.15) is 5.82 Å². The van der Waals surface area contributed by atoms with Crippen LogP contribution < -0.4 is 5.73 Å². The third-order valence-electron chi connectivity index (χ3n) is 14.1. The maximum atomic E-state index is 12.7. The van der Waals surface area contributed by atoms with Crippen LogP contribution in [0, 0.1) is 51.2 Å². The molecule has 0 aliphatic heterocycles. The number of carboxylic acids is 1. The van der Waals surface area contributed by atoms with Crippen LogP contribution in [-0.4, -0.2) is 26.3 Å². The Balaban J connectivity index is 1.44. The average Bonchev–Trinajstić information content (AvgIpc) is 3.54. The van der Waals surface area contributed by atoms with Crippen LogP contribution >= 0.6 is 0 Å². The Bertz CT molecular complexity index is 1430. The van der Waals surface area contributed by atoms with Gasteiger partial charge in [0.15, 0.2) is 0 Å². The van der Waals surface area contributed by atoms with E-state index in [0.717, 1.165) is 38.5 Å². The molecule has 1 unspecified atom stereocenters. The number of carboxylic acid groups (broad SMARTS) is 1. The molecule has 2 aromatic rings. The average molecular weight is 559 g/mol. The zero-order valence-corrected chi connectivity index (χ0v) is 26.2. The number of nitrogen functional groups attached to an aromatic ring is 1. The smallest absolute Gasteiger partial charge is 0.306 e. The molecule has 5 aliphatic carbocycles. The molecule has 5 aliphatic rings. The third kappa shape index (κ3) is 3.42. The lowest BCUT2D eigenvalue weighted by Crippen LogP contribution is -2.64. The number of aliphatic carboxylic acids is 1. The van der Waals surface area contributed by atoms with Gasteiger partial charge in [0.25, 0.3) is 0 Å². The van der Waals surface area contributed by atoms with Crippen molar-refractivity contribution < 1.29 is 9.90 Å². The maximum absolute atomic E-state index is 12.7. The first kappa shape index (κ1) is 27.3. The van der Waals surface area contributed by atoms with Crippen molar-refractivity contribution >= 4 is 17.4 Å². The number of carbonyl (C=O) groups is 1. The van der Waals surface area contributed by atoms with Crippen LogP contribution in [0.5, 0.6) is 0 Å². The first-order valence-corrected chi connectivity index (χ1v) is 16.1. The monoisotopic (exact) mass is 558 g/mol. The maximum Gasteiger partial charge on any atom is 0.306 e. The van der Waals surface area contributed by atoms with Gasteiger partial charge in [-0.05, 0) is 114 Å². The number of hydrogen-bond donors (Lipinski definition) is 4. The number of nitrogens with zero attached hydrogens (tertiary/aromatic N) is 1. The van der Waals surface area contributed by atoms with E-state index in [4.69, 9.17) is 5.73 Å². The van der Waals surface area contributed by atoms with Crippen LogP contribution in [0.2, 0.25) is 0 Å². The lowest BCUT2D eigenvalue weighted by molar-refractivity contribution is -0.161. The number of nitrogens with two attached hydrogens (primary N) is 1. The third-order valence-corrected chi connectivity index (χ3v) is 14.1. The van der Waals surface area contributed by atoms with Crippen molar-refractivity contribution in [3.05, 3.63) is 40.9 Å². The molecule has 2 aromatic heterocycles.